The number of hydrogen-bond donors (Lipinski definition) is 1. The zero-order chi connectivity index (χ0) is 14.4. The maximum absolute atomic E-state index is 11.9. The molecular weight excluding hydrogens is 276 g/mol. The minimum atomic E-state index is -0.576. The van der Waals surface area contributed by atoms with E-state index in [4.69, 9.17) is 16.3 Å². The van der Waals surface area contributed by atoms with Gasteiger partial charge >= 0.3 is 0 Å². The van der Waals surface area contributed by atoms with Gasteiger partial charge in [0.05, 0.1) is 0 Å². The van der Waals surface area contributed by atoms with Gasteiger partial charge in [0.2, 0.25) is 0 Å². The lowest BCUT2D eigenvalue weighted by molar-refractivity contribution is -0.127. The minimum absolute atomic E-state index is 0.177. The third kappa shape index (κ3) is 4.24. The van der Waals surface area contributed by atoms with Gasteiger partial charge in [-0.1, -0.05) is 17.7 Å². The molecule has 1 heterocycles. The highest BCUT2D eigenvalue weighted by Gasteiger charge is 2.14. The zero-order valence-corrected chi connectivity index (χ0v) is 11.8. The topological polar surface area (TPSA) is 51.2 Å². The Morgan fingerprint density at radius 2 is 2.10 bits per heavy atom. The fraction of sp³-hybridized carbons (Fsp3) is 0.200. The van der Waals surface area contributed by atoms with Crippen molar-refractivity contribution >= 4 is 17.5 Å². The van der Waals surface area contributed by atoms with Crippen LogP contribution in [0.15, 0.2) is 48.8 Å². The van der Waals surface area contributed by atoms with Crippen molar-refractivity contribution in [3.63, 3.8) is 0 Å². The number of amides is 1. The fourth-order valence-corrected chi connectivity index (χ4v) is 1.73. The van der Waals surface area contributed by atoms with E-state index in [1.54, 1.807) is 43.6 Å². The third-order valence-electron chi connectivity index (χ3n) is 2.69. The number of nitrogens with zero attached hydrogens (tertiary/aromatic N) is 1. The molecule has 1 N–H and O–H groups in total. The van der Waals surface area contributed by atoms with Gasteiger partial charge in [-0.3, -0.25) is 9.78 Å². The van der Waals surface area contributed by atoms with E-state index in [-0.39, 0.29) is 5.91 Å². The van der Waals surface area contributed by atoms with Crippen LogP contribution in [0.5, 0.6) is 5.75 Å². The molecule has 2 rings (SSSR count). The third-order valence-corrected chi connectivity index (χ3v) is 2.94. The molecule has 0 bridgehead atoms. The summed E-state index contributed by atoms with van der Waals surface area (Å²) < 4.78 is 5.53. The molecule has 0 aliphatic carbocycles. The Hall–Kier alpha value is -2.07. The Balaban J connectivity index is 1.84. The molecule has 5 heteroatoms. The quantitative estimate of drug-likeness (QED) is 0.921. The molecule has 0 radical (unpaired) electrons. The van der Waals surface area contributed by atoms with Crippen molar-refractivity contribution in [1.29, 1.82) is 0 Å². The van der Waals surface area contributed by atoms with Crippen LogP contribution in [0.4, 0.5) is 0 Å². The molecule has 0 aliphatic heterocycles. The van der Waals surface area contributed by atoms with Gasteiger partial charge in [-0.25, -0.2) is 0 Å². The number of ether oxygens (including phenoxy) is 1. The second-order valence-electron chi connectivity index (χ2n) is 4.29. The molecule has 104 valence electrons. The summed E-state index contributed by atoms with van der Waals surface area (Å²) in [6.07, 6.45) is 2.83. The largest absolute Gasteiger partial charge is 0.481 e. The summed E-state index contributed by atoms with van der Waals surface area (Å²) in [6.45, 7) is 2.13. The summed E-state index contributed by atoms with van der Waals surface area (Å²) in [5.74, 6) is 0.433. The number of rotatable bonds is 5. The van der Waals surface area contributed by atoms with Gasteiger partial charge in [0.25, 0.3) is 5.91 Å². The number of benzene rings is 1. The maximum Gasteiger partial charge on any atom is 0.261 e. The molecule has 1 amide bonds. The standard InChI is InChI=1S/C15H15ClN2O2/c1-11(20-14-6-4-13(16)5-7-14)15(19)18-10-12-3-2-8-17-9-12/h2-9,11H,10H2,1H3,(H,18,19)/t11-/m1/s1. The van der Waals surface area contributed by atoms with Gasteiger partial charge in [-0.05, 0) is 42.8 Å². The van der Waals surface area contributed by atoms with E-state index in [1.807, 2.05) is 12.1 Å². The summed E-state index contributed by atoms with van der Waals surface area (Å²) in [5, 5.41) is 3.43. The summed E-state index contributed by atoms with van der Waals surface area (Å²) in [4.78, 5) is 15.9. The van der Waals surface area contributed by atoms with E-state index >= 15 is 0 Å². The summed E-state index contributed by atoms with van der Waals surface area (Å²) >= 11 is 5.79. The molecule has 0 aliphatic rings. The molecule has 4 nitrogen and oxygen atoms in total. The van der Waals surface area contributed by atoms with Crippen LogP contribution in [-0.4, -0.2) is 17.0 Å². The van der Waals surface area contributed by atoms with Gasteiger partial charge in [0.15, 0.2) is 6.10 Å². The summed E-state index contributed by atoms with van der Waals surface area (Å²) in [7, 11) is 0. The Labute approximate surface area is 122 Å². The van der Waals surface area contributed by atoms with Crippen molar-refractivity contribution in [1.82, 2.24) is 10.3 Å². The molecule has 2 aromatic rings. The monoisotopic (exact) mass is 290 g/mol. The summed E-state index contributed by atoms with van der Waals surface area (Å²) in [6, 6.07) is 10.6. The van der Waals surface area contributed by atoms with E-state index in [9.17, 15) is 4.79 Å². The number of hydrogen-bond acceptors (Lipinski definition) is 3. The van der Waals surface area contributed by atoms with Crippen molar-refractivity contribution in [2.24, 2.45) is 0 Å². The normalized spacial score (nSPS) is 11.7. The van der Waals surface area contributed by atoms with Gasteiger partial charge in [0.1, 0.15) is 5.75 Å². The van der Waals surface area contributed by atoms with Crippen LogP contribution in [0, 0.1) is 0 Å². The molecule has 0 spiro atoms. The number of halogens is 1. The first kappa shape index (κ1) is 14.3. The number of aromatic nitrogens is 1. The SMILES string of the molecule is C[C@@H](Oc1ccc(Cl)cc1)C(=O)NCc1cccnc1. The Morgan fingerprint density at radius 3 is 2.75 bits per heavy atom. The molecule has 0 saturated heterocycles. The number of nitrogens with one attached hydrogen (secondary N) is 1. The highest BCUT2D eigenvalue weighted by Crippen LogP contribution is 2.16. The lowest BCUT2D eigenvalue weighted by Gasteiger charge is -2.14. The first-order valence-electron chi connectivity index (χ1n) is 6.24. The Bertz CT molecular complexity index is 558. The zero-order valence-electron chi connectivity index (χ0n) is 11.0. The van der Waals surface area contributed by atoms with Crippen LogP contribution in [-0.2, 0) is 11.3 Å². The van der Waals surface area contributed by atoms with Crippen LogP contribution in [0.25, 0.3) is 0 Å². The van der Waals surface area contributed by atoms with E-state index < -0.39 is 6.10 Å². The smallest absolute Gasteiger partial charge is 0.261 e. The van der Waals surface area contributed by atoms with E-state index in [0.717, 1.165) is 5.56 Å². The maximum atomic E-state index is 11.9. The van der Waals surface area contributed by atoms with E-state index in [1.165, 1.54) is 0 Å². The van der Waals surface area contributed by atoms with Gasteiger partial charge in [-0.15, -0.1) is 0 Å². The lowest BCUT2D eigenvalue weighted by Crippen LogP contribution is -2.35. The van der Waals surface area contributed by atoms with Crippen molar-refractivity contribution in [2.75, 3.05) is 0 Å². The minimum Gasteiger partial charge on any atom is -0.481 e. The first-order valence-corrected chi connectivity index (χ1v) is 6.62. The van der Waals surface area contributed by atoms with Crippen LogP contribution >= 0.6 is 11.6 Å². The van der Waals surface area contributed by atoms with Crippen LogP contribution < -0.4 is 10.1 Å². The highest BCUT2D eigenvalue weighted by molar-refractivity contribution is 6.30. The second-order valence-corrected chi connectivity index (χ2v) is 4.73. The molecule has 0 saturated carbocycles. The van der Waals surface area contributed by atoms with Gasteiger partial charge in [0, 0.05) is 24.0 Å². The molecule has 1 atom stereocenters. The average molecular weight is 291 g/mol. The van der Waals surface area contributed by atoms with Gasteiger partial charge < -0.3 is 10.1 Å². The Morgan fingerprint density at radius 1 is 1.35 bits per heavy atom. The highest BCUT2D eigenvalue weighted by atomic mass is 35.5. The predicted octanol–water partition coefficient (Wildman–Crippen LogP) is 2.82. The van der Waals surface area contributed by atoms with Crippen LogP contribution in [0.1, 0.15) is 12.5 Å². The van der Waals surface area contributed by atoms with Gasteiger partial charge in [-0.2, -0.15) is 0 Å². The van der Waals surface area contributed by atoms with Crippen molar-refractivity contribution in [2.45, 2.75) is 19.6 Å². The second kappa shape index (κ2) is 6.91. The van der Waals surface area contributed by atoms with Crippen molar-refractivity contribution < 1.29 is 9.53 Å². The average Bonchev–Trinajstić information content (AvgIpc) is 2.48. The Kier molecular flexibility index (Phi) is 4.96. The number of pyridine rings is 1. The summed E-state index contributed by atoms with van der Waals surface area (Å²) in [5.41, 5.74) is 0.944. The van der Waals surface area contributed by atoms with E-state index in [0.29, 0.717) is 17.3 Å². The predicted molar refractivity (Wildman–Crippen MR) is 77.6 cm³/mol. The van der Waals surface area contributed by atoms with Crippen molar-refractivity contribution in [3.8, 4) is 5.75 Å². The molecule has 1 aromatic carbocycles. The molecular formula is C15H15ClN2O2. The number of carbonyl (C=O) groups excluding carboxylic acids is 1. The van der Waals surface area contributed by atoms with Crippen LogP contribution in [0.2, 0.25) is 5.02 Å². The fourth-order valence-electron chi connectivity index (χ4n) is 1.61. The molecule has 0 unspecified atom stereocenters. The molecule has 0 fully saturated rings. The first-order chi connectivity index (χ1) is 9.65. The molecule has 1 aromatic heterocycles. The van der Waals surface area contributed by atoms with E-state index in [2.05, 4.69) is 10.3 Å². The molecule has 20 heavy (non-hydrogen) atoms. The van der Waals surface area contributed by atoms with Crippen molar-refractivity contribution in [3.05, 3.63) is 59.4 Å². The van der Waals surface area contributed by atoms with Crippen LogP contribution in [0.3, 0.4) is 0 Å². The lowest BCUT2D eigenvalue weighted by atomic mass is 10.2. The number of carbonyl (C=O) groups is 1.